The highest BCUT2D eigenvalue weighted by Gasteiger charge is 2.45. The van der Waals surface area contributed by atoms with Crippen LogP contribution in [-0.2, 0) is 6.42 Å². The molecule has 0 fully saturated rings. The summed E-state index contributed by atoms with van der Waals surface area (Å²) < 4.78 is 6.36. The summed E-state index contributed by atoms with van der Waals surface area (Å²) in [6.45, 7) is 17.2. The zero-order valence-corrected chi connectivity index (χ0v) is 23.8. The Labute approximate surface area is 219 Å². The molecule has 0 amide bonds. The lowest BCUT2D eigenvalue weighted by molar-refractivity contribution is 0.0107. The smallest absolute Gasteiger partial charge is 0.127 e. The summed E-state index contributed by atoms with van der Waals surface area (Å²) in [6.07, 6.45) is 9.26. The number of rotatable bonds is 6. The first-order valence-corrected chi connectivity index (χ1v) is 14.0. The Morgan fingerprint density at radius 3 is 2.22 bits per heavy atom. The fourth-order valence-corrected chi connectivity index (χ4v) is 5.81. The second kappa shape index (κ2) is 11.8. The Balaban J connectivity index is 0.000000236. The van der Waals surface area contributed by atoms with Crippen molar-refractivity contribution >= 4 is 0 Å². The molecule has 2 N–H and O–H groups in total. The number of phenolic OH excluding ortho intramolecular Hbond substituents is 2. The summed E-state index contributed by atoms with van der Waals surface area (Å²) >= 11 is 0. The Morgan fingerprint density at radius 2 is 1.64 bits per heavy atom. The number of aryl methyl sites for hydroxylation is 1. The van der Waals surface area contributed by atoms with E-state index in [4.69, 9.17) is 4.74 Å². The number of phenols is 2. The fourth-order valence-electron chi connectivity index (χ4n) is 5.81. The predicted octanol–water partition coefficient (Wildman–Crippen LogP) is 9.37. The van der Waals surface area contributed by atoms with Gasteiger partial charge < -0.3 is 14.9 Å². The quantitative estimate of drug-likeness (QED) is 0.312. The fraction of sp³-hybridized carbons (Fsp3) is 0.576. The number of allylic oxidation sites excluding steroid dienone is 2. The van der Waals surface area contributed by atoms with Gasteiger partial charge in [0.2, 0.25) is 0 Å². The molecular weight excluding hydrogens is 444 g/mol. The van der Waals surface area contributed by atoms with Gasteiger partial charge in [-0.1, -0.05) is 77.3 Å². The van der Waals surface area contributed by atoms with Gasteiger partial charge in [0.25, 0.3) is 0 Å². The van der Waals surface area contributed by atoms with Crippen LogP contribution >= 0.6 is 0 Å². The summed E-state index contributed by atoms with van der Waals surface area (Å²) in [6, 6.07) is 10.1. The molecule has 4 rings (SSSR count). The Bertz CT molecular complexity index is 1030. The monoisotopic (exact) mass is 492 g/mol. The number of fused-ring (bicyclic) bond motifs is 3. The van der Waals surface area contributed by atoms with Crippen LogP contribution in [0.1, 0.15) is 128 Å². The molecule has 0 spiro atoms. The summed E-state index contributed by atoms with van der Waals surface area (Å²) in [5.74, 6) is 3.30. The molecule has 36 heavy (non-hydrogen) atoms. The average Bonchev–Trinajstić information content (AvgIpc) is 2.78. The van der Waals surface area contributed by atoms with Gasteiger partial charge in [-0.15, -0.1) is 0 Å². The van der Waals surface area contributed by atoms with Crippen LogP contribution in [0.25, 0.3) is 0 Å². The van der Waals surface area contributed by atoms with E-state index in [1.807, 2.05) is 24.3 Å². The van der Waals surface area contributed by atoms with E-state index in [0.717, 1.165) is 41.7 Å². The van der Waals surface area contributed by atoms with Gasteiger partial charge in [-0.25, -0.2) is 0 Å². The van der Waals surface area contributed by atoms with E-state index in [1.54, 1.807) is 0 Å². The van der Waals surface area contributed by atoms with Gasteiger partial charge in [-0.05, 0) is 87.1 Å². The molecule has 2 aromatic carbocycles. The molecular formula is C33H48O3. The standard InChI is InChI=1S/C21H30O2.C12H18O/c1-5-6-7-8-15-12-18(22)20-16-11-14(2)9-10-17(16)21(3,4)23-19(20)13-15;1-8(2)10-6-5-7-11(9(3)4)12(10)13/h11-13,16-17,22H,5-10H2,1-4H3;5-9,13H,1-4H3/t16-,17-;/m1./s1. The molecule has 2 atom stereocenters. The maximum Gasteiger partial charge on any atom is 0.127 e. The molecule has 3 heteroatoms. The van der Waals surface area contributed by atoms with Gasteiger partial charge in [0.1, 0.15) is 22.8 Å². The van der Waals surface area contributed by atoms with Crippen LogP contribution in [0.15, 0.2) is 42.0 Å². The highest BCUT2D eigenvalue weighted by Crippen LogP contribution is 2.53. The number of unbranched alkanes of at least 4 members (excludes halogenated alkanes) is 2. The minimum Gasteiger partial charge on any atom is -0.507 e. The van der Waals surface area contributed by atoms with E-state index in [1.165, 1.54) is 30.4 Å². The molecule has 3 nitrogen and oxygen atoms in total. The van der Waals surface area contributed by atoms with Gasteiger partial charge >= 0.3 is 0 Å². The molecule has 0 saturated heterocycles. The van der Waals surface area contributed by atoms with Crippen LogP contribution in [0.5, 0.6) is 17.2 Å². The largest absolute Gasteiger partial charge is 0.507 e. The van der Waals surface area contributed by atoms with Crippen molar-refractivity contribution in [1.29, 1.82) is 0 Å². The van der Waals surface area contributed by atoms with E-state index in [-0.39, 0.29) is 11.5 Å². The van der Waals surface area contributed by atoms with Crippen LogP contribution in [-0.4, -0.2) is 15.8 Å². The Kier molecular flexibility index (Phi) is 9.19. The van der Waals surface area contributed by atoms with Gasteiger partial charge in [0, 0.05) is 17.4 Å². The topological polar surface area (TPSA) is 49.7 Å². The maximum atomic E-state index is 10.7. The molecule has 0 unspecified atom stereocenters. The zero-order valence-electron chi connectivity index (χ0n) is 23.8. The number of hydrogen-bond acceptors (Lipinski definition) is 3. The molecule has 1 aliphatic heterocycles. The molecule has 0 bridgehead atoms. The van der Waals surface area contributed by atoms with E-state index < -0.39 is 0 Å². The Hall–Kier alpha value is -2.42. The SMILES string of the molecule is CC(C)c1cccc(C(C)C)c1O.CCCCCc1cc(O)c2c(c1)OC(C)(C)[C@@H]1CCC(C)=C[C@@H]21. The van der Waals surface area contributed by atoms with Crippen molar-refractivity contribution in [2.24, 2.45) is 5.92 Å². The molecule has 198 valence electrons. The third-order valence-electron chi connectivity index (χ3n) is 7.94. The van der Waals surface area contributed by atoms with Crippen molar-refractivity contribution in [2.45, 2.75) is 117 Å². The Morgan fingerprint density at radius 1 is 1.00 bits per heavy atom. The number of ether oxygens (including phenoxy) is 1. The van der Waals surface area contributed by atoms with Gasteiger partial charge in [-0.3, -0.25) is 0 Å². The number of para-hydroxylation sites is 1. The highest BCUT2D eigenvalue weighted by atomic mass is 16.5. The van der Waals surface area contributed by atoms with Crippen LogP contribution < -0.4 is 4.74 Å². The van der Waals surface area contributed by atoms with Crippen molar-refractivity contribution in [1.82, 2.24) is 0 Å². The molecule has 0 radical (unpaired) electrons. The van der Waals surface area contributed by atoms with Crippen molar-refractivity contribution in [3.63, 3.8) is 0 Å². The minimum atomic E-state index is -0.177. The van der Waals surface area contributed by atoms with Gasteiger partial charge in [0.15, 0.2) is 0 Å². The first-order valence-electron chi connectivity index (χ1n) is 14.0. The molecule has 1 heterocycles. The van der Waals surface area contributed by atoms with Crippen LogP contribution in [0.4, 0.5) is 0 Å². The third-order valence-corrected chi connectivity index (χ3v) is 7.94. The first kappa shape index (κ1) is 28.2. The number of hydrogen-bond donors (Lipinski definition) is 2. The number of benzene rings is 2. The molecule has 2 aromatic rings. The highest BCUT2D eigenvalue weighted by molar-refractivity contribution is 5.54. The van der Waals surface area contributed by atoms with E-state index in [2.05, 4.69) is 67.5 Å². The van der Waals surface area contributed by atoms with Gasteiger partial charge in [-0.2, -0.15) is 0 Å². The lowest BCUT2D eigenvalue weighted by Crippen LogP contribution is -2.45. The van der Waals surface area contributed by atoms with Crippen molar-refractivity contribution in [3.05, 3.63) is 64.2 Å². The molecule has 0 saturated carbocycles. The predicted molar refractivity (Wildman–Crippen MR) is 152 cm³/mol. The molecule has 2 aliphatic rings. The third kappa shape index (κ3) is 6.28. The van der Waals surface area contributed by atoms with Crippen molar-refractivity contribution in [3.8, 4) is 17.2 Å². The average molecular weight is 493 g/mol. The van der Waals surface area contributed by atoms with E-state index in [9.17, 15) is 10.2 Å². The minimum absolute atomic E-state index is 0.177. The summed E-state index contributed by atoms with van der Waals surface area (Å²) in [4.78, 5) is 0. The van der Waals surface area contributed by atoms with Crippen molar-refractivity contribution in [2.75, 3.05) is 0 Å². The van der Waals surface area contributed by atoms with Gasteiger partial charge in [0.05, 0.1) is 0 Å². The van der Waals surface area contributed by atoms with Crippen LogP contribution in [0, 0.1) is 5.92 Å². The normalized spacial score (nSPS) is 20.1. The summed E-state index contributed by atoms with van der Waals surface area (Å²) in [5.41, 5.74) is 5.55. The second-order valence-electron chi connectivity index (χ2n) is 12.0. The molecule has 1 aliphatic carbocycles. The number of aromatic hydroxyl groups is 2. The maximum absolute atomic E-state index is 10.7. The molecule has 0 aromatic heterocycles. The van der Waals surface area contributed by atoms with E-state index >= 15 is 0 Å². The second-order valence-corrected chi connectivity index (χ2v) is 12.0. The van der Waals surface area contributed by atoms with E-state index in [0.29, 0.717) is 29.3 Å². The summed E-state index contributed by atoms with van der Waals surface area (Å²) in [5, 5.41) is 20.6. The van der Waals surface area contributed by atoms with Crippen LogP contribution in [0.3, 0.4) is 0 Å². The summed E-state index contributed by atoms with van der Waals surface area (Å²) in [7, 11) is 0. The van der Waals surface area contributed by atoms with Crippen LogP contribution in [0.2, 0.25) is 0 Å². The van der Waals surface area contributed by atoms with Crippen molar-refractivity contribution < 1.29 is 14.9 Å². The zero-order chi connectivity index (χ0) is 26.6. The lowest BCUT2D eigenvalue weighted by Gasteiger charge is -2.46. The first-order chi connectivity index (χ1) is 17.0. The lowest BCUT2D eigenvalue weighted by atomic mass is 9.68.